The van der Waals surface area contributed by atoms with E-state index < -0.39 is 5.97 Å². The van der Waals surface area contributed by atoms with Gasteiger partial charge in [0.25, 0.3) is 0 Å². The Bertz CT molecular complexity index is 921. The number of thiophene rings is 1. The fraction of sp³-hybridized carbons (Fsp3) is 0.250. The molecule has 3 rings (SSSR count). The SMILES string of the molecule is CC(C)(C)c1ccc(COC(=O)c2sc3cc(Cl)ccc3c2Cl)cc1. The molecular weight excluding hydrogens is 375 g/mol. The van der Waals surface area contributed by atoms with Crippen LogP contribution < -0.4 is 0 Å². The first-order chi connectivity index (χ1) is 11.8. The summed E-state index contributed by atoms with van der Waals surface area (Å²) in [5.74, 6) is -0.415. The van der Waals surface area contributed by atoms with E-state index in [9.17, 15) is 4.79 Å². The van der Waals surface area contributed by atoms with E-state index in [2.05, 4.69) is 32.9 Å². The van der Waals surface area contributed by atoms with Gasteiger partial charge in [0.05, 0.1) is 5.02 Å². The van der Waals surface area contributed by atoms with Crippen LogP contribution in [0.4, 0.5) is 0 Å². The number of esters is 1. The summed E-state index contributed by atoms with van der Waals surface area (Å²) in [5, 5.41) is 1.85. The van der Waals surface area contributed by atoms with Crippen LogP contribution in [0.25, 0.3) is 10.1 Å². The summed E-state index contributed by atoms with van der Waals surface area (Å²) < 4.78 is 6.31. The largest absolute Gasteiger partial charge is 0.457 e. The van der Waals surface area contributed by atoms with Crippen molar-refractivity contribution in [2.75, 3.05) is 0 Å². The first kappa shape index (κ1) is 18.2. The van der Waals surface area contributed by atoms with Crippen molar-refractivity contribution in [3.05, 3.63) is 68.5 Å². The molecule has 0 unspecified atom stereocenters. The third-order valence-electron chi connectivity index (χ3n) is 3.97. The summed E-state index contributed by atoms with van der Waals surface area (Å²) in [6, 6.07) is 13.5. The van der Waals surface area contributed by atoms with Gasteiger partial charge >= 0.3 is 5.97 Å². The second-order valence-electron chi connectivity index (χ2n) is 6.91. The Labute approximate surface area is 161 Å². The Morgan fingerprint density at radius 3 is 2.40 bits per heavy atom. The molecule has 25 heavy (non-hydrogen) atoms. The minimum Gasteiger partial charge on any atom is -0.457 e. The van der Waals surface area contributed by atoms with Gasteiger partial charge in [0.15, 0.2) is 0 Å². The predicted molar refractivity (Wildman–Crippen MR) is 106 cm³/mol. The van der Waals surface area contributed by atoms with Gasteiger partial charge in [0, 0.05) is 15.1 Å². The van der Waals surface area contributed by atoms with Crippen molar-refractivity contribution in [3.8, 4) is 0 Å². The molecular formula is C20H18Cl2O2S. The highest BCUT2D eigenvalue weighted by molar-refractivity contribution is 7.21. The topological polar surface area (TPSA) is 26.3 Å². The Morgan fingerprint density at radius 1 is 1.08 bits per heavy atom. The highest BCUT2D eigenvalue weighted by Gasteiger charge is 2.19. The zero-order valence-electron chi connectivity index (χ0n) is 14.2. The van der Waals surface area contributed by atoms with E-state index in [-0.39, 0.29) is 12.0 Å². The normalized spacial score (nSPS) is 11.7. The molecule has 0 aliphatic carbocycles. The molecule has 2 aromatic carbocycles. The van der Waals surface area contributed by atoms with Gasteiger partial charge in [-0.3, -0.25) is 0 Å². The van der Waals surface area contributed by atoms with Crippen LogP contribution in [-0.2, 0) is 16.8 Å². The van der Waals surface area contributed by atoms with Crippen molar-refractivity contribution >= 4 is 50.6 Å². The monoisotopic (exact) mass is 392 g/mol. The van der Waals surface area contributed by atoms with E-state index in [0.29, 0.717) is 14.9 Å². The summed E-state index contributed by atoms with van der Waals surface area (Å²) in [6.45, 7) is 6.71. The van der Waals surface area contributed by atoms with Crippen LogP contribution >= 0.6 is 34.5 Å². The molecule has 3 aromatic rings. The molecule has 0 N–H and O–H groups in total. The number of ether oxygens (including phenoxy) is 1. The van der Waals surface area contributed by atoms with Gasteiger partial charge in [-0.05, 0) is 28.7 Å². The Morgan fingerprint density at radius 2 is 1.76 bits per heavy atom. The number of rotatable bonds is 3. The maximum absolute atomic E-state index is 12.4. The van der Waals surface area contributed by atoms with Crippen LogP contribution in [0.15, 0.2) is 42.5 Å². The van der Waals surface area contributed by atoms with Crippen molar-refractivity contribution in [3.63, 3.8) is 0 Å². The zero-order valence-corrected chi connectivity index (χ0v) is 16.6. The van der Waals surface area contributed by atoms with E-state index in [4.69, 9.17) is 27.9 Å². The van der Waals surface area contributed by atoms with Gasteiger partial charge in [-0.1, -0.05) is 74.3 Å². The van der Waals surface area contributed by atoms with Crippen LogP contribution in [0.2, 0.25) is 10.0 Å². The molecule has 2 nitrogen and oxygen atoms in total. The lowest BCUT2D eigenvalue weighted by Gasteiger charge is -2.19. The molecule has 1 aromatic heterocycles. The van der Waals surface area contributed by atoms with Crippen molar-refractivity contribution in [1.29, 1.82) is 0 Å². The summed E-state index contributed by atoms with van der Waals surface area (Å²) in [6.07, 6.45) is 0. The van der Waals surface area contributed by atoms with Crippen LogP contribution in [0.1, 0.15) is 41.6 Å². The molecule has 0 saturated carbocycles. The molecule has 0 atom stereocenters. The molecule has 0 radical (unpaired) electrons. The number of hydrogen-bond donors (Lipinski definition) is 0. The average Bonchev–Trinajstić information content (AvgIpc) is 2.88. The number of fused-ring (bicyclic) bond motifs is 1. The fourth-order valence-corrected chi connectivity index (χ4v) is 4.16. The van der Waals surface area contributed by atoms with E-state index >= 15 is 0 Å². The molecule has 0 amide bonds. The van der Waals surface area contributed by atoms with Crippen molar-refractivity contribution in [1.82, 2.24) is 0 Å². The van der Waals surface area contributed by atoms with Crippen LogP contribution in [0, 0.1) is 0 Å². The quantitative estimate of drug-likeness (QED) is 0.454. The molecule has 1 heterocycles. The maximum Gasteiger partial charge on any atom is 0.350 e. The Kier molecular flexibility index (Phi) is 5.10. The van der Waals surface area contributed by atoms with Gasteiger partial charge in [-0.15, -0.1) is 11.3 Å². The molecule has 0 bridgehead atoms. The lowest BCUT2D eigenvalue weighted by atomic mass is 9.87. The molecule has 0 spiro atoms. The number of benzene rings is 2. The van der Waals surface area contributed by atoms with Crippen molar-refractivity contribution in [2.24, 2.45) is 0 Å². The van der Waals surface area contributed by atoms with Crippen LogP contribution in [0.3, 0.4) is 0 Å². The van der Waals surface area contributed by atoms with Gasteiger partial charge < -0.3 is 4.74 Å². The number of carbonyl (C=O) groups is 1. The first-order valence-electron chi connectivity index (χ1n) is 7.90. The second kappa shape index (κ2) is 6.99. The minimum absolute atomic E-state index is 0.0983. The van der Waals surface area contributed by atoms with Crippen LogP contribution in [0.5, 0.6) is 0 Å². The standard InChI is InChI=1S/C20H18Cl2O2S/c1-20(2,3)13-6-4-12(5-7-13)11-24-19(23)18-17(22)15-9-8-14(21)10-16(15)25-18/h4-10H,11H2,1-3H3. The highest BCUT2D eigenvalue weighted by Crippen LogP contribution is 2.37. The summed E-state index contributed by atoms with van der Waals surface area (Å²) >= 11 is 13.6. The van der Waals surface area contributed by atoms with E-state index in [1.54, 1.807) is 12.1 Å². The Balaban J connectivity index is 1.74. The van der Waals surface area contributed by atoms with Crippen LogP contribution in [-0.4, -0.2) is 5.97 Å². The second-order valence-corrected chi connectivity index (χ2v) is 8.78. The van der Waals surface area contributed by atoms with E-state index in [1.165, 1.54) is 16.9 Å². The summed E-state index contributed by atoms with van der Waals surface area (Å²) in [5.41, 5.74) is 2.29. The molecule has 0 fully saturated rings. The maximum atomic E-state index is 12.4. The lowest BCUT2D eigenvalue weighted by Crippen LogP contribution is -2.11. The third-order valence-corrected chi connectivity index (χ3v) is 5.84. The van der Waals surface area contributed by atoms with Gasteiger partial charge in [0.2, 0.25) is 0 Å². The molecule has 130 valence electrons. The van der Waals surface area contributed by atoms with Gasteiger partial charge in [-0.2, -0.15) is 0 Å². The fourth-order valence-electron chi connectivity index (χ4n) is 2.49. The van der Waals surface area contributed by atoms with Crippen molar-refractivity contribution in [2.45, 2.75) is 32.8 Å². The average molecular weight is 393 g/mol. The number of carbonyl (C=O) groups excluding carboxylic acids is 1. The predicted octanol–water partition coefficient (Wildman–Crippen LogP) is 6.86. The van der Waals surface area contributed by atoms with Crippen molar-refractivity contribution < 1.29 is 9.53 Å². The Hall–Kier alpha value is -1.55. The first-order valence-corrected chi connectivity index (χ1v) is 9.47. The smallest absolute Gasteiger partial charge is 0.350 e. The van der Waals surface area contributed by atoms with E-state index in [1.807, 2.05) is 18.2 Å². The zero-order chi connectivity index (χ0) is 18.2. The molecule has 5 heteroatoms. The molecule has 0 aliphatic heterocycles. The lowest BCUT2D eigenvalue weighted by molar-refractivity contribution is 0.0479. The summed E-state index contributed by atoms with van der Waals surface area (Å²) in [7, 11) is 0. The highest BCUT2D eigenvalue weighted by atomic mass is 35.5. The number of hydrogen-bond acceptors (Lipinski definition) is 3. The third kappa shape index (κ3) is 4.00. The molecule has 0 aliphatic rings. The number of halogens is 2. The van der Waals surface area contributed by atoms with Gasteiger partial charge in [0.1, 0.15) is 11.5 Å². The summed E-state index contributed by atoms with van der Waals surface area (Å²) in [4.78, 5) is 12.8. The van der Waals surface area contributed by atoms with E-state index in [0.717, 1.165) is 15.6 Å². The molecule has 0 saturated heterocycles. The minimum atomic E-state index is -0.415. The van der Waals surface area contributed by atoms with Gasteiger partial charge in [-0.25, -0.2) is 4.79 Å².